The van der Waals surface area contributed by atoms with Crippen LogP contribution in [0, 0.1) is 5.92 Å². The molecule has 5 heteroatoms. The lowest BCUT2D eigenvalue weighted by molar-refractivity contribution is -0.132. The lowest BCUT2D eigenvalue weighted by Gasteiger charge is -2.36. The van der Waals surface area contributed by atoms with Crippen LogP contribution in [-0.4, -0.2) is 42.1 Å². The Bertz CT molecular complexity index is 787. The summed E-state index contributed by atoms with van der Waals surface area (Å²) in [5, 5.41) is 10.7. The number of piperazine rings is 1. The van der Waals surface area contributed by atoms with Gasteiger partial charge in [0, 0.05) is 37.1 Å². The average Bonchev–Trinajstić information content (AvgIpc) is 3.43. The van der Waals surface area contributed by atoms with Gasteiger partial charge in [0.15, 0.2) is 0 Å². The number of carbonyl (C=O) groups excluding carboxylic acids is 1. The molecule has 1 heterocycles. The van der Waals surface area contributed by atoms with Crippen molar-refractivity contribution >= 4 is 23.2 Å². The molecule has 0 spiro atoms. The summed E-state index contributed by atoms with van der Waals surface area (Å²) in [7, 11) is 0. The van der Waals surface area contributed by atoms with Gasteiger partial charge in [-0.1, -0.05) is 41.9 Å². The van der Waals surface area contributed by atoms with Crippen molar-refractivity contribution in [1.29, 1.82) is 0 Å². The van der Waals surface area contributed by atoms with Crippen molar-refractivity contribution in [2.24, 2.45) is 5.92 Å². The summed E-state index contributed by atoms with van der Waals surface area (Å²) in [6.07, 6.45) is 0.891. The maximum absolute atomic E-state index is 12.8. The molecule has 0 aromatic heterocycles. The highest BCUT2D eigenvalue weighted by Crippen LogP contribution is 2.50. The summed E-state index contributed by atoms with van der Waals surface area (Å²) in [6.45, 7) is 2.87. The van der Waals surface area contributed by atoms with Crippen LogP contribution >= 0.6 is 11.6 Å². The second kappa shape index (κ2) is 6.60. The second-order valence-corrected chi connectivity index (χ2v) is 7.18. The molecule has 1 saturated heterocycles. The molecule has 25 heavy (non-hydrogen) atoms. The molecule has 1 N–H and O–H groups in total. The maximum Gasteiger partial charge on any atom is 0.226 e. The summed E-state index contributed by atoms with van der Waals surface area (Å²) in [5.74, 6) is 0.860. The van der Waals surface area contributed by atoms with Gasteiger partial charge in [-0.05, 0) is 36.1 Å². The van der Waals surface area contributed by atoms with Gasteiger partial charge in [-0.3, -0.25) is 4.79 Å². The minimum Gasteiger partial charge on any atom is -0.506 e. The minimum absolute atomic E-state index is 0.0663. The van der Waals surface area contributed by atoms with Crippen molar-refractivity contribution in [2.45, 2.75) is 12.3 Å². The normalized spacial score (nSPS) is 22.8. The molecule has 2 aromatic carbocycles. The number of benzene rings is 2. The fourth-order valence-electron chi connectivity index (χ4n) is 3.72. The number of phenolic OH excluding ortho intramolecular Hbond substituents is 1. The Kier molecular flexibility index (Phi) is 4.30. The highest BCUT2D eigenvalue weighted by molar-refractivity contribution is 6.31. The van der Waals surface area contributed by atoms with E-state index in [-0.39, 0.29) is 17.7 Å². The summed E-state index contributed by atoms with van der Waals surface area (Å²) in [6, 6.07) is 15.2. The van der Waals surface area contributed by atoms with E-state index >= 15 is 0 Å². The SMILES string of the molecule is O=C(C1CC1c1ccccc1Cl)N1CCN(c2ccccc2O)CC1. The third kappa shape index (κ3) is 3.19. The molecule has 1 amide bonds. The highest BCUT2D eigenvalue weighted by Gasteiger charge is 2.46. The lowest BCUT2D eigenvalue weighted by atomic mass is 10.1. The fraction of sp³-hybridized carbons (Fsp3) is 0.350. The maximum atomic E-state index is 12.8. The van der Waals surface area contributed by atoms with Crippen LogP contribution in [0.5, 0.6) is 5.75 Å². The molecule has 2 unspecified atom stereocenters. The molecule has 130 valence electrons. The number of anilines is 1. The summed E-state index contributed by atoms with van der Waals surface area (Å²) in [4.78, 5) is 16.9. The summed E-state index contributed by atoms with van der Waals surface area (Å²) < 4.78 is 0. The van der Waals surface area contributed by atoms with E-state index in [1.165, 1.54) is 0 Å². The van der Waals surface area contributed by atoms with Crippen LogP contribution in [0.15, 0.2) is 48.5 Å². The van der Waals surface area contributed by atoms with Crippen LogP contribution < -0.4 is 4.90 Å². The first-order chi connectivity index (χ1) is 12.1. The van der Waals surface area contributed by atoms with E-state index in [1.54, 1.807) is 6.07 Å². The molecule has 2 aromatic rings. The number of aromatic hydroxyl groups is 1. The number of rotatable bonds is 3. The van der Waals surface area contributed by atoms with Crippen LogP contribution in [0.3, 0.4) is 0 Å². The number of halogens is 1. The topological polar surface area (TPSA) is 43.8 Å². The highest BCUT2D eigenvalue weighted by atomic mass is 35.5. The van der Waals surface area contributed by atoms with Gasteiger partial charge in [0.05, 0.1) is 5.69 Å². The van der Waals surface area contributed by atoms with Gasteiger partial charge in [0.25, 0.3) is 0 Å². The van der Waals surface area contributed by atoms with Crippen LogP contribution in [0.4, 0.5) is 5.69 Å². The van der Waals surface area contributed by atoms with Gasteiger partial charge >= 0.3 is 0 Å². The molecule has 0 bridgehead atoms. The number of para-hydroxylation sites is 2. The van der Waals surface area contributed by atoms with E-state index in [1.807, 2.05) is 47.4 Å². The van der Waals surface area contributed by atoms with Crippen molar-refractivity contribution in [2.75, 3.05) is 31.1 Å². The number of amides is 1. The fourth-order valence-corrected chi connectivity index (χ4v) is 4.00. The molecular weight excluding hydrogens is 336 g/mol. The first-order valence-corrected chi connectivity index (χ1v) is 9.09. The van der Waals surface area contributed by atoms with Gasteiger partial charge < -0.3 is 14.9 Å². The molecule has 4 nitrogen and oxygen atoms in total. The van der Waals surface area contributed by atoms with Crippen molar-refractivity contribution in [3.05, 3.63) is 59.1 Å². The quantitative estimate of drug-likeness (QED) is 0.915. The predicted octanol–water partition coefficient (Wildman–Crippen LogP) is 3.50. The van der Waals surface area contributed by atoms with Gasteiger partial charge in [-0.15, -0.1) is 0 Å². The largest absolute Gasteiger partial charge is 0.506 e. The van der Waals surface area contributed by atoms with Gasteiger partial charge in [-0.2, -0.15) is 0 Å². The molecule has 4 rings (SSSR count). The number of hydrogen-bond donors (Lipinski definition) is 1. The minimum atomic E-state index is 0.0663. The molecule has 1 aliphatic heterocycles. The number of phenols is 1. The van der Waals surface area contributed by atoms with Crippen LogP contribution in [0.25, 0.3) is 0 Å². The Morgan fingerprint density at radius 2 is 1.68 bits per heavy atom. The molecule has 2 atom stereocenters. The van der Waals surface area contributed by atoms with Crippen molar-refractivity contribution in [3.63, 3.8) is 0 Å². The number of hydrogen-bond acceptors (Lipinski definition) is 3. The zero-order valence-electron chi connectivity index (χ0n) is 13.9. The van der Waals surface area contributed by atoms with E-state index < -0.39 is 0 Å². The van der Waals surface area contributed by atoms with E-state index in [0.717, 1.165) is 35.8 Å². The van der Waals surface area contributed by atoms with Gasteiger partial charge in [0.2, 0.25) is 5.91 Å². The smallest absolute Gasteiger partial charge is 0.226 e. The summed E-state index contributed by atoms with van der Waals surface area (Å²) >= 11 is 6.26. The molecular formula is C20H21ClN2O2. The van der Waals surface area contributed by atoms with E-state index in [0.29, 0.717) is 18.8 Å². The first-order valence-electron chi connectivity index (χ1n) is 8.71. The van der Waals surface area contributed by atoms with E-state index in [2.05, 4.69) is 4.90 Å². The number of carbonyl (C=O) groups is 1. The van der Waals surface area contributed by atoms with E-state index in [9.17, 15) is 9.90 Å². The third-order valence-corrected chi connectivity index (χ3v) is 5.57. The Hall–Kier alpha value is -2.20. The van der Waals surface area contributed by atoms with Crippen molar-refractivity contribution in [1.82, 2.24) is 4.90 Å². The van der Waals surface area contributed by atoms with Crippen LogP contribution in [0.2, 0.25) is 5.02 Å². The number of nitrogens with zero attached hydrogens (tertiary/aromatic N) is 2. The molecule has 2 aliphatic rings. The molecule has 2 fully saturated rings. The first kappa shape index (κ1) is 16.3. The Morgan fingerprint density at radius 3 is 2.40 bits per heavy atom. The zero-order chi connectivity index (χ0) is 17.4. The molecule has 1 aliphatic carbocycles. The summed E-state index contributed by atoms with van der Waals surface area (Å²) in [5.41, 5.74) is 1.94. The Morgan fingerprint density at radius 1 is 1.00 bits per heavy atom. The average molecular weight is 357 g/mol. The zero-order valence-corrected chi connectivity index (χ0v) is 14.7. The standard InChI is InChI=1S/C20H21ClN2O2/c21-17-6-2-1-5-14(17)15-13-16(15)20(25)23-11-9-22(10-12-23)18-7-3-4-8-19(18)24/h1-8,15-16,24H,9-13H2. The Labute approximate surface area is 152 Å². The van der Waals surface area contributed by atoms with Gasteiger partial charge in [-0.25, -0.2) is 0 Å². The Balaban J connectivity index is 1.37. The monoisotopic (exact) mass is 356 g/mol. The van der Waals surface area contributed by atoms with Crippen LogP contribution in [0.1, 0.15) is 17.9 Å². The van der Waals surface area contributed by atoms with Crippen LogP contribution in [-0.2, 0) is 4.79 Å². The van der Waals surface area contributed by atoms with Crippen molar-refractivity contribution < 1.29 is 9.90 Å². The van der Waals surface area contributed by atoms with E-state index in [4.69, 9.17) is 11.6 Å². The second-order valence-electron chi connectivity index (χ2n) is 6.77. The predicted molar refractivity (Wildman–Crippen MR) is 99.2 cm³/mol. The van der Waals surface area contributed by atoms with Gasteiger partial charge in [0.1, 0.15) is 5.75 Å². The lowest BCUT2D eigenvalue weighted by Crippen LogP contribution is -2.49. The van der Waals surface area contributed by atoms with Crippen molar-refractivity contribution in [3.8, 4) is 5.75 Å². The third-order valence-electron chi connectivity index (χ3n) is 5.23. The molecule has 0 radical (unpaired) electrons. The molecule has 1 saturated carbocycles.